The Morgan fingerprint density at radius 1 is 1.13 bits per heavy atom. The Balaban J connectivity index is 1.63. The third kappa shape index (κ3) is 5.14. The zero-order valence-electron chi connectivity index (χ0n) is 16.6. The quantitative estimate of drug-likeness (QED) is 0.512. The van der Waals surface area contributed by atoms with Crippen LogP contribution in [0.25, 0.3) is 0 Å². The van der Waals surface area contributed by atoms with Crippen molar-refractivity contribution in [3.8, 4) is 0 Å². The Labute approximate surface area is 175 Å². The monoisotopic (exact) mass is 432 g/mol. The van der Waals surface area contributed by atoms with E-state index in [1.54, 1.807) is 25.1 Å². The molecule has 2 N–H and O–H groups in total. The molecule has 9 nitrogen and oxygen atoms in total. The van der Waals surface area contributed by atoms with Gasteiger partial charge < -0.3 is 10.6 Å². The van der Waals surface area contributed by atoms with Gasteiger partial charge in [0.1, 0.15) is 0 Å². The van der Waals surface area contributed by atoms with Gasteiger partial charge in [0.2, 0.25) is 15.9 Å². The zero-order valence-corrected chi connectivity index (χ0v) is 17.4. The molecule has 0 radical (unpaired) electrons. The maximum atomic E-state index is 12.8. The number of hydrogen-bond acceptors (Lipinski definition) is 6. The van der Waals surface area contributed by atoms with Crippen molar-refractivity contribution in [2.24, 2.45) is 0 Å². The lowest BCUT2D eigenvalue weighted by atomic mass is 10.2. The molecule has 0 aliphatic carbocycles. The lowest BCUT2D eigenvalue weighted by Crippen LogP contribution is -2.35. The van der Waals surface area contributed by atoms with Gasteiger partial charge >= 0.3 is 0 Å². The number of nitro benzene ring substituents is 1. The maximum Gasteiger partial charge on any atom is 0.269 e. The summed E-state index contributed by atoms with van der Waals surface area (Å²) in [5.41, 5.74) is 1.62. The van der Waals surface area contributed by atoms with Crippen molar-refractivity contribution in [2.45, 2.75) is 31.1 Å². The number of carbonyl (C=O) groups is 1. The number of amides is 1. The van der Waals surface area contributed by atoms with Gasteiger partial charge in [0, 0.05) is 36.6 Å². The summed E-state index contributed by atoms with van der Waals surface area (Å²) in [4.78, 5) is 22.8. The highest BCUT2D eigenvalue weighted by Gasteiger charge is 2.26. The van der Waals surface area contributed by atoms with Gasteiger partial charge in [-0.3, -0.25) is 14.9 Å². The standard InChI is InChI=1S/C20H24N4O5S/c1-15-12-17(24(26)27)8-9-19(15)21-14-20(25)22-16-6-5-7-18(13-16)30(28,29)23-10-3-2-4-11-23/h5-9,12-13,21H,2-4,10-11,14H2,1H3,(H,22,25). The molecule has 160 valence electrons. The minimum Gasteiger partial charge on any atom is -0.376 e. The minimum absolute atomic E-state index is 0.0192. The van der Waals surface area contributed by atoms with Crippen molar-refractivity contribution >= 4 is 33.0 Å². The van der Waals surface area contributed by atoms with Gasteiger partial charge in [0.25, 0.3) is 5.69 Å². The molecule has 1 fully saturated rings. The predicted molar refractivity (Wildman–Crippen MR) is 114 cm³/mol. The first-order valence-corrected chi connectivity index (χ1v) is 11.1. The average Bonchev–Trinajstić information content (AvgIpc) is 2.73. The SMILES string of the molecule is Cc1cc([N+](=O)[O-])ccc1NCC(=O)Nc1cccc(S(=O)(=O)N2CCCCC2)c1. The molecule has 0 saturated carbocycles. The lowest BCUT2D eigenvalue weighted by Gasteiger charge is -2.26. The molecule has 1 aliphatic heterocycles. The van der Waals surface area contributed by atoms with Crippen molar-refractivity contribution in [1.82, 2.24) is 4.31 Å². The number of anilines is 2. The van der Waals surface area contributed by atoms with Crippen LogP contribution < -0.4 is 10.6 Å². The second-order valence-electron chi connectivity index (χ2n) is 7.15. The van der Waals surface area contributed by atoms with Crippen molar-refractivity contribution in [3.05, 3.63) is 58.1 Å². The first-order chi connectivity index (χ1) is 14.3. The average molecular weight is 433 g/mol. The van der Waals surface area contributed by atoms with Crippen LogP contribution in [-0.2, 0) is 14.8 Å². The summed E-state index contributed by atoms with van der Waals surface area (Å²) in [6.45, 7) is 2.67. The highest BCUT2D eigenvalue weighted by Crippen LogP contribution is 2.23. The van der Waals surface area contributed by atoms with Crippen LogP contribution in [0.5, 0.6) is 0 Å². The number of nitrogens with one attached hydrogen (secondary N) is 2. The van der Waals surface area contributed by atoms with Crippen LogP contribution in [-0.4, -0.2) is 43.2 Å². The number of nitro groups is 1. The molecule has 2 aromatic rings. The molecule has 0 unspecified atom stereocenters. The number of nitrogens with zero attached hydrogens (tertiary/aromatic N) is 2. The Morgan fingerprint density at radius 2 is 1.87 bits per heavy atom. The molecule has 1 heterocycles. The number of carbonyl (C=O) groups excluding carboxylic acids is 1. The Bertz CT molecular complexity index is 1050. The summed E-state index contributed by atoms with van der Waals surface area (Å²) in [5, 5.41) is 16.4. The lowest BCUT2D eigenvalue weighted by molar-refractivity contribution is -0.384. The topological polar surface area (TPSA) is 122 Å². The molecule has 0 atom stereocenters. The van der Waals surface area contributed by atoms with Crippen LogP contribution in [0.4, 0.5) is 17.1 Å². The first kappa shape index (κ1) is 21.7. The summed E-state index contributed by atoms with van der Waals surface area (Å²) >= 11 is 0. The van der Waals surface area contributed by atoms with Crippen LogP contribution in [0.3, 0.4) is 0 Å². The van der Waals surface area contributed by atoms with Crippen LogP contribution in [0.2, 0.25) is 0 Å². The number of piperidine rings is 1. The third-order valence-corrected chi connectivity index (χ3v) is 6.83. The maximum absolute atomic E-state index is 12.8. The van der Waals surface area contributed by atoms with Crippen LogP contribution in [0.15, 0.2) is 47.4 Å². The van der Waals surface area contributed by atoms with Crippen molar-refractivity contribution < 1.29 is 18.1 Å². The first-order valence-electron chi connectivity index (χ1n) is 9.66. The molecule has 1 aliphatic rings. The van der Waals surface area contributed by atoms with E-state index >= 15 is 0 Å². The van der Waals surface area contributed by atoms with E-state index in [0.29, 0.717) is 30.0 Å². The van der Waals surface area contributed by atoms with Crippen molar-refractivity contribution in [1.29, 1.82) is 0 Å². The number of benzene rings is 2. The molecule has 2 aromatic carbocycles. The minimum atomic E-state index is -3.58. The van der Waals surface area contributed by atoms with E-state index in [4.69, 9.17) is 0 Å². The van der Waals surface area contributed by atoms with Crippen molar-refractivity contribution in [3.63, 3.8) is 0 Å². The molecule has 30 heavy (non-hydrogen) atoms. The summed E-state index contributed by atoms with van der Waals surface area (Å²) < 4.78 is 27.1. The summed E-state index contributed by atoms with van der Waals surface area (Å²) in [6.07, 6.45) is 2.73. The molecule has 0 aromatic heterocycles. The summed E-state index contributed by atoms with van der Waals surface area (Å²) in [6, 6.07) is 10.5. The smallest absolute Gasteiger partial charge is 0.269 e. The van der Waals surface area contributed by atoms with E-state index in [2.05, 4.69) is 10.6 Å². The van der Waals surface area contributed by atoms with Gasteiger partial charge in [0.05, 0.1) is 16.4 Å². The Morgan fingerprint density at radius 3 is 2.53 bits per heavy atom. The zero-order chi connectivity index (χ0) is 21.7. The van der Waals surface area contributed by atoms with E-state index in [1.807, 2.05) is 0 Å². The fourth-order valence-electron chi connectivity index (χ4n) is 3.33. The molecular weight excluding hydrogens is 408 g/mol. The van der Waals surface area contributed by atoms with Gasteiger partial charge in [-0.25, -0.2) is 8.42 Å². The number of aryl methyl sites for hydroxylation is 1. The second kappa shape index (κ2) is 9.23. The number of rotatable bonds is 7. The van der Waals surface area contributed by atoms with E-state index in [-0.39, 0.29) is 23.0 Å². The second-order valence-corrected chi connectivity index (χ2v) is 9.09. The Hall–Kier alpha value is -2.98. The Kier molecular flexibility index (Phi) is 6.68. The van der Waals surface area contributed by atoms with Gasteiger partial charge in [0.15, 0.2) is 0 Å². The molecule has 0 spiro atoms. The van der Waals surface area contributed by atoms with E-state index < -0.39 is 14.9 Å². The summed E-state index contributed by atoms with van der Waals surface area (Å²) in [7, 11) is -3.58. The van der Waals surface area contributed by atoms with E-state index in [9.17, 15) is 23.3 Å². The molecule has 3 rings (SSSR count). The van der Waals surface area contributed by atoms with Crippen LogP contribution in [0.1, 0.15) is 24.8 Å². The number of non-ortho nitro benzene ring substituents is 1. The van der Waals surface area contributed by atoms with Gasteiger partial charge in [-0.05, 0) is 49.6 Å². The predicted octanol–water partition coefficient (Wildman–Crippen LogP) is 3.13. The molecule has 1 amide bonds. The van der Waals surface area contributed by atoms with E-state index in [1.165, 1.54) is 28.6 Å². The van der Waals surface area contributed by atoms with E-state index in [0.717, 1.165) is 19.3 Å². The fourth-order valence-corrected chi connectivity index (χ4v) is 4.89. The highest BCUT2D eigenvalue weighted by molar-refractivity contribution is 7.89. The highest BCUT2D eigenvalue weighted by atomic mass is 32.2. The molecule has 10 heteroatoms. The normalized spacial score (nSPS) is 14.8. The number of hydrogen-bond donors (Lipinski definition) is 2. The third-order valence-electron chi connectivity index (χ3n) is 4.93. The fraction of sp³-hybridized carbons (Fsp3) is 0.350. The summed E-state index contributed by atoms with van der Waals surface area (Å²) in [5.74, 6) is -0.361. The van der Waals surface area contributed by atoms with Gasteiger partial charge in [-0.2, -0.15) is 4.31 Å². The van der Waals surface area contributed by atoms with Crippen molar-refractivity contribution in [2.75, 3.05) is 30.3 Å². The van der Waals surface area contributed by atoms with Gasteiger partial charge in [-0.1, -0.05) is 12.5 Å². The molecular formula is C20H24N4O5S. The van der Waals surface area contributed by atoms with Crippen LogP contribution >= 0.6 is 0 Å². The van der Waals surface area contributed by atoms with Gasteiger partial charge in [-0.15, -0.1) is 0 Å². The number of sulfonamides is 1. The molecule has 1 saturated heterocycles. The van der Waals surface area contributed by atoms with Crippen LogP contribution in [0, 0.1) is 17.0 Å². The molecule has 0 bridgehead atoms. The largest absolute Gasteiger partial charge is 0.376 e.